The minimum atomic E-state index is -0.495. The number of rotatable bonds is 7. The quantitative estimate of drug-likeness (QED) is 0.156. The second kappa shape index (κ2) is 12.9. The number of phenols is 2. The number of hydrogen-bond donors (Lipinski definition) is 3. The molecule has 0 radical (unpaired) electrons. The highest BCUT2D eigenvalue weighted by Gasteiger charge is 2.27. The van der Waals surface area contributed by atoms with E-state index in [4.69, 9.17) is 0 Å². The first kappa shape index (κ1) is 29.9. The maximum atomic E-state index is 13.4. The van der Waals surface area contributed by atoms with Crippen LogP contribution in [0.2, 0.25) is 0 Å². The molecule has 1 unspecified atom stereocenters. The number of hydrogen-bond acceptors (Lipinski definition) is 5. The minimum Gasteiger partial charge on any atom is -0.504 e. The van der Waals surface area contributed by atoms with Crippen molar-refractivity contribution in [3.63, 3.8) is 0 Å². The third-order valence-electron chi connectivity index (χ3n) is 9.16. The Bertz CT molecular complexity index is 2040. The number of para-hydroxylation sites is 1. The number of phenolic OH excluding ortho intramolecular Hbond substituents is 2. The molecule has 7 rings (SSSR count). The molecule has 1 heterocycles. The number of nitrogens with one attached hydrogen (secondary N) is 1. The number of benzene rings is 6. The Kier molecular flexibility index (Phi) is 8.23. The lowest BCUT2D eigenvalue weighted by molar-refractivity contribution is 0.102. The van der Waals surface area contributed by atoms with E-state index in [9.17, 15) is 15.0 Å². The van der Waals surface area contributed by atoms with Crippen molar-refractivity contribution >= 4 is 33.7 Å². The minimum absolute atomic E-state index is 0.00943. The molecule has 6 aromatic rings. The number of anilines is 3. The molecule has 1 atom stereocenters. The van der Waals surface area contributed by atoms with Crippen LogP contribution in [0.3, 0.4) is 0 Å². The molecular formula is C41H37N3O3. The lowest BCUT2D eigenvalue weighted by Crippen LogP contribution is -2.53. The van der Waals surface area contributed by atoms with Gasteiger partial charge in [0, 0.05) is 48.3 Å². The second-order valence-electron chi connectivity index (χ2n) is 12.0. The van der Waals surface area contributed by atoms with Gasteiger partial charge in [0.05, 0.1) is 5.56 Å². The van der Waals surface area contributed by atoms with E-state index < -0.39 is 11.7 Å². The monoisotopic (exact) mass is 619 g/mol. The third kappa shape index (κ3) is 6.10. The number of carbonyl (C=O) groups excluding carboxylic acids is 1. The van der Waals surface area contributed by atoms with Crippen LogP contribution in [0.15, 0.2) is 133 Å². The van der Waals surface area contributed by atoms with Gasteiger partial charge in [-0.15, -0.1) is 0 Å². The molecule has 1 amide bonds. The highest BCUT2D eigenvalue weighted by Crippen LogP contribution is 2.37. The van der Waals surface area contributed by atoms with E-state index in [2.05, 4.69) is 70.6 Å². The highest BCUT2D eigenvalue weighted by atomic mass is 16.3. The van der Waals surface area contributed by atoms with Crippen molar-refractivity contribution < 1.29 is 15.0 Å². The molecule has 3 N–H and O–H groups in total. The van der Waals surface area contributed by atoms with Gasteiger partial charge >= 0.3 is 0 Å². The van der Waals surface area contributed by atoms with Crippen molar-refractivity contribution in [2.75, 3.05) is 34.8 Å². The van der Waals surface area contributed by atoms with Crippen molar-refractivity contribution in [2.24, 2.45) is 0 Å². The van der Waals surface area contributed by atoms with E-state index >= 15 is 0 Å². The van der Waals surface area contributed by atoms with Crippen LogP contribution in [0.4, 0.5) is 17.1 Å². The number of carbonyl (C=O) groups is 1. The van der Waals surface area contributed by atoms with E-state index in [1.807, 2.05) is 72.8 Å². The molecule has 0 spiro atoms. The number of aromatic hydroxyl groups is 2. The summed E-state index contributed by atoms with van der Waals surface area (Å²) >= 11 is 0. The standard InChI is InChI=1S/C41H37N3O3/c1-2-34-27-43(38-15-9-8-14-36(38)29-11-4-3-5-12-29)22-23-44(34)35-20-18-33(19-21-35)42-41(47)37-25-32(26-39(45)40(37)46)31-17-16-28-10-6-7-13-30(28)24-31/h3-21,24-26,34,45-46H,2,22-23,27H2,1H3,(H,42,47). The lowest BCUT2D eigenvalue weighted by Gasteiger charge is -2.44. The average molecular weight is 620 g/mol. The van der Waals surface area contributed by atoms with E-state index in [1.54, 1.807) is 6.07 Å². The maximum Gasteiger partial charge on any atom is 0.259 e. The molecule has 0 saturated carbocycles. The summed E-state index contributed by atoms with van der Waals surface area (Å²) in [5, 5.41) is 26.2. The molecule has 0 bridgehead atoms. The number of nitrogens with zero attached hydrogens (tertiary/aromatic N) is 2. The lowest BCUT2D eigenvalue weighted by atomic mass is 9.98. The molecular weight excluding hydrogens is 582 g/mol. The zero-order valence-corrected chi connectivity index (χ0v) is 26.3. The van der Waals surface area contributed by atoms with Crippen LogP contribution in [0.25, 0.3) is 33.0 Å². The maximum absolute atomic E-state index is 13.4. The van der Waals surface area contributed by atoms with Crippen LogP contribution >= 0.6 is 0 Å². The summed E-state index contributed by atoms with van der Waals surface area (Å²) in [6.07, 6.45) is 0.999. The Hall–Kier alpha value is -5.75. The Morgan fingerprint density at radius 2 is 1.45 bits per heavy atom. The first-order valence-corrected chi connectivity index (χ1v) is 16.1. The Labute approximate surface area is 275 Å². The van der Waals surface area contributed by atoms with Gasteiger partial charge in [0.25, 0.3) is 5.91 Å². The number of fused-ring (bicyclic) bond motifs is 1. The van der Waals surface area contributed by atoms with E-state index in [1.165, 1.54) is 22.9 Å². The van der Waals surface area contributed by atoms with Crippen LogP contribution in [0, 0.1) is 0 Å². The fourth-order valence-corrected chi connectivity index (χ4v) is 6.64. The van der Waals surface area contributed by atoms with Crippen molar-refractivity contribution in [3.05, 3.63) is 139 Å². The molecule has 1 aliphatic rings. The summed E-state index contributed by atoms with van der Waals surface area (Å²) in [6.45, 7) is 4.92. The molecule has 234 valence electrons. The molecule has 6 heteroatoms. The van der Waals surface area contributed by atoms with E-state index in [-0.39, 0.29) is 11.3 Å². The van der Waals surface area contributed by atoms with E-state index in [0.717, 1.165) is 48.1 Å². The predicted octanol–water partition coefficient (Wildman–Crippen LogP) is 8.94. The zero-order valence-electron chi connectivity index (χ0n) is 26.3. The Morgan fingerprint density at radius 1 is 0.723 bits per heavy atom. The van der Waals surface area contributed by atoms with Crippen LogP contribution < -0.4 is 15.1 Å². The van der Waals surface area contributed by atoms with Gasteiger partial charge in [-0.05, 0) is 82.4 Å². The molecule has 6 nitrogen and oxygen atoms in total. The van der Waals surface area contributed by atoms with E-state index in [0.29, 0.717) is 17.3 Å². The van der Waals surface area contributed by atoms with Gasteiger partial charge in [-0.1, -0.05) is 91.9 Å². The van der Waals surface area contributed by atoms with Gasteiger partial charge in [-0.3, -0.25) is 4.79 Å². The van der Waals surface area contributed by atoms with Crippen LogP contribution in [-0.2, 0) is 0 Å². The van der Waals surface area contributed by atoms with Crippen molar-refractivity contribution in [3.8, 4) is 33.8 Å². The van der Waals surface area contributed by atoms with Gasteiger partial charge in [0.1, 0.15) is 0 Å². The normalized spacial score (nSPS) is 14.7. The van der Waals surface area contributed by atoms with Gasteiger partial charge in [-0.2, -0.15) is 0 Å². The third-order valence-corrected chi connectivity index (χ3v) is 9.16. The van der Waals surface area contributed by atoms with Crippen LogP contribution in [0.5, 0.6) is 11.5 Å². The van der Waals surface area contributed by atoms with Crippen LogP contribution in [-0.4, -0.2) is 41.8 Å². The summed E-state index contributed by atoms with van der Waals surface area (Å²) < 4.78 is 0. The van der Waals surface area contributed by atoms with Gasteiger partial charge in [0.2, 0.25) is 0 Å². The number of amides is 1. The summed E-state index contributed by atoms with van der Waals surface area (Å²) in [7, 11) is 0. The van der Waals surface area contributed by atoms with Crippen molar-refractivity contribution in [2.45, 2.75) is 19.4 Å². The first-order chi connectivity index (χ1) is 23.0. The summed E-state index contributed by atoms with van der Waals surface area (Å²) in [6, 6.07) is 44.4. The smallest absolute Gasteiger partial charge is 0.259 e. The zero-order chi connectivity index (χ0) is 32.3. The molecule has 1 aliphatic heterocycles. The first-order valence-electron chi connectivity index (χ1n) is 16.1. The fraction of sp³-hybridized carbons (Fsp3) is 0.146. The van der Waals surface area contributed by atoms with Crippen LogP contribution in [0.1, 0.15) is 23.7 Å². The molecule has 6 aromatic carbocycles. The Balaban J connectivity index is 1.06. The summed E-state index contributed by atoms with van der Waals surface area (Å²) in [5.74, 6) is -1.28. The summed E-state index contributed by atoms with van der Waals surface area (Å²) in [5.41, 5.74) is 6.93. The predicted molar refractivity (Wildman–Crippen MR) is 193 cm³/mol. The molecule has 47 heavy (non-hydrogen) atoms. The summed E-state index contributed by atoms with van der Waals surface area (Å²) in [4.78, 5) is 18.3. The molecule has 0 aromatic heterocycles. The van der Waals surface area contributed by atoms with Crippen molar-refractivity contribution in [1.29, 1.82) is 0 Å². The SMILES string of the molecule is CCC1CN(c2ccccc2-c2ccccc2)CCN1c1ccc(NC(=O)c2cc(-c3ccc4ccccc4c3)cc(O)c2O)cc1. The second-order valence-corrected chi connectivity index (χ2v) is 12.0. The van der Waals surface area contributed by atoms with Gasteiger partial charge < -0.3 is 25.3 Å². The average Bonchev–Trinajstić information content (AvgIpc) is 3.13. The Morgan fingerprint density at radius 3 is 2.23 bits per heavy atom. The number of piperazine rings is 1. The van der Waals surface area contributed by atoms with Crippen molar-refractivity contribution in [1.82, 2.24) is 0 Å². The fourth-order valence-electron chi connectivity index (χ4n) is 6.64. The largest absolute Gasteiger partial charge is 0.504 e. The topological polar surface area (TPSA) is 76.0 Å². The highest BCUT2D eigenvalue weighted by molar-refractivity contribution is 6.07. The molecule has 0 aliphatic carbocycles. The van der Waals surface area contributed by atoms with Gasteiger partial charge in [0.15, 0.2) is 11.5 Å². The van der Waals surface area contributed by atoms with Gasteiger partial charge in [-0.25, -0.2) is 0 Å². The molecule has 1 fully saturated rings. The molecule has 1 saturated heterocycles.